The molecule has 0 saturated carbocycles. The summed E-state index contributed by atoms with van der Waals surface area (Å²) in [5, 5.41) is 24.6. The predicted molar refractivity (Wildman–Crippen MR) is 128 cm³/mol. The maximum absolute atomic E-state index is 11.8. The highest BCUT2D eigenvalue weighted by atomic mass is 32.1. The van der Waals surface area contributed by atoms with Gasteiger partial charge in [-0.15, -0.1) is 11.3 Å². The number of phenolic OH excluding ortho intramolecular Hbond substituents is 2. The van der Waals surface area contributed by atoms with E-state index >= 15 is 0 Å². The van der Waals surface area contributed by atoms with Crippen molar-refractivity contribution < 1.29 is 19.5 Å². The van der Waals surface area contributed by atoms with Crippen molar-refractivity contribution in [2.45, 2.75) is 58.4 Å². The normalized spacial score (nSPS) is 17.6. The molecule has 1 amide bonds. The summed E-state index contributed by atoms with van der Waals surface area (Å²) in [6.07, 6.45) is 5.10. The van der Waals surface area contributed by atoms with Gasteiger partial charge in [0.25, 0.3) is 0 Å². The van der Waals surface area contributed by atoms with Crippen molar-refractivity contribution in [2.75, 3.05) is 26.2 Å². The first kappa shape index (κ1) is 22.2. The van der Waals surface area contributed by atoms with Gasteiger partial charge in [0, 0.05) is 47.1 Å². The molecule has 0 aliphatic carbocycles. The lowest BCUT2D eigenvalue weighted by molar-refractivity contribution is -0.129. The number of carbonyl (C=O) groups is 1. The number of aromatic hydroxyl groups is 2. The lowest BCUT2D eigenvalue weighted by atomic mass is 9.91. The van der Waals surface area contributed by atoms with Gasteiger partial charge in [0.05, 0.1) is 12.2 Å². The fourth-order valence-corrected chi connectivity index (χ4v) is 6.82. The quantitative estimate of drug-likeness (QED) is 0.545. The van der Waals surface area contributed by atoms with Crippen LogP contribution in [0.25, 0.3) is 11.0 Å². The van der Waals surface area contributed by atoms with E-state index in [0.717, 1.165) is 75.9 Å². The van der Waals surface area contributed by atoms with Crippen molar-refractivity contribution in [2.24, 2.45) is 0 Å². The fraction of sp³-hybridized carbons (Fsp3) is 0.520. The van der Waals surface area contributed by atoms with Gasteiger partial charge in [-0.3, -0.25) is 4.79 Å². The molecule has 33 heavy (non-hydrogen) atoms. The molecule has 2 N–H and O–H groups in total. The van der Waals surface area contributed by atoms with Gasteiger partial charge in [-0.2, -0.15) is 0 Å². The van der Waals surface area contributed by atoms with E-state index in [0.29, 0.717) is 11.5 Å². The molecule has 0 spiro atoms. The molecule has 8 heteroatoms. The zero-order chi connectivity index (χ0) is 23.1. The number of hydrogen-bond donors (Lipinski definition) is 2. The van der Waals surface area contributed by atoms with Crippen molar-refractivity contribution in [3.8, 4) is 11.5 Å². The van der Waals surface area contributed by atoms with Gasteiger partial charge < -0.3 is 24.5 Å². The largest absolute Gasteiger partial charge is 0.504 e. The topological polar surface area (TPSA) is 90.0 Å². The number of likely N-dealkylation sites (tertiary alicyclic amines) is 1. The van der Waals surface area contributed by atoms with Crippen LogP contribution in [0.15, 0.2) is 16.7 Å². The molecule has 0 unspecified atom stereocenters. The van der Waals surface area contributed by atoms with Crippen molar-refractivity contribution in [1.29, 1.82) is 0 Å². The monoisotopic (exact) mass is 469 g/mol. The summed E-state index contributed by atoms with van der Waals surface area (Å²) in [7, 11) is 0. The van der Waals surface area contributed by atoms with Gasteiger partial charge in [0.2, 0.25) is 5.91 Å². The second kappa shape index (κ2) is 8.99. The summed E-state index contributed by atoms with van der Waals surface area (Å²) in [4.78, 5) is 19.2. The van der Waals surface area contributed by atoms with E-state index in [4.69, 9.17) is 4.52 Å². The van der Waals surface area contributed by atoms with Crippen LogP contribution < -0.4 is 0 Å². The third kappa shape index (κ3) is 4.22. The second-order valence-electron chi connectivity index (χ2n) is 9.22. The number of amides is 1. The van der Waals surface area contributed by atoms with E-state index in [9.17, 15) is 15.0 Å². The standard InChI is InChI=1S/C25H31N3O4S/c1-3-17-18-6-11-28(15(2)29)14-24(18)33-23(17)7-10-27-8-4-16(5-9-27)25-19-12-20(30)21(31)13-22(19)32-26-25/h12-13,16,30-31H,3-11,14H2,1-2H3. The summed E-state index contributed by atoms with van der Waals surface area (Å²) >= 11 is 1.91. The first-order chi connectivity index (χ1) is 15.9. The first-order valence-corrected chi connectivity index (χ1v) is 12.7. The average molecular weight is 470 g/mol. The van der Waals surface area contributed by atoms with Crippen LogP contribution >= 0.6 is 11.3 Å². The Bertz CT molecular complexity index is 1180. The number of thiophene rings is 1. The van der Waals surface area contributed by atoms with Crippen LogP contribution in [0.2, 0.25) is 0 Å². The molecule has 7 nitrogen and oxygen atoms in total. The molecule has 4 heterocycles. The minimum Gasteiger partial charge on any atom is -0.504 e. The summed E-state index contributed by atoms with van der Waals surface area (Å²) < 4.78 is 5.40. The summed E-state index contributed by atoms with van der Waals surface area (Å²) in [5.41, 5.74) is 4.42. The summed E-state index contributed by atoms with van der Waals surface area (Å²) in [6.45, 7) is 8.58. The van der Waals surface area contributed by atoms with Crippen LogP contribution in [0, 0.1) is 0 Å². The highest BCUT2D eigenvalue weighted by Gasteiger charge is 2.27. The van der Waals surface area contributed by atoms with Crippen molar-refractivity contribution >= 4 is 28.2 Å². The zero-order valence-corrected chi connectivity index (χ0v) is 20.1. The molecule has 1 saturated heterocycles. The number of phenols is 2. The smallest absolute Gasteiger partial charge is 0.219 e. The Kier molecular flexibility index (Phi) is 6.05. The number of carbonyl (C=O) groups excluding carboxylic acids is 1. The van der Waals surface area contributed by atoms with Crippen LogP contribution in [0.1, 0.15) is 59.2 Å². The van der Waals surface area contributed by atoms with Crippen LogP contribution in [-0.2, 0) is 30.6 Å². The van der Waals surface area contributed by atoms with Crippen molar-refractivity contribution in [1.82, 2.24) is 15.0 Å². The van der Waals surface area contributed by atoms with Gasteiger partial charge in [-0.05, 0) is 62.4 Å². The summed E-state index contributed by atoms with van der Waals surface area (Å²) in [6, 6.07) is 2.98. The van der Waals surface area contributed by atoms with Gasteiger partial charge >= 0.3 is 0 Å². The maximum atomic E-state index is 11.8. The SMILES string of the molecule is CCc1c(CCN2CCC(c3noc4cc(O)c(O)cc34)CC2)sc2c1CCN(C(C)=O)C2. The highest BCUT2D eigenvalue weighted by Crippen LogP contribution is 2.38. The molecule has 2 aliphatic rings. The lowest BCUT2D eigenvalue weighted by Crippen LogP contribution is -2.34. The fourth-order valence-electron chi connectivity index (χ4n) is 5.37. The third-order valence-electron chi connectivity index (χ3n) is 7.27. The minimum absolute atomic E-state index is 0.138. The summed E-state index contributed by atoms with van der Waals surface area (Å²) in [5.74, 6) is 0.143. The number of aromatic nitrogens is 1. The number of piperidine rings is 1. The van der Waals surface area contributed by atoms with E-state index in [1.807, 2.05) is 16.2 Å². The van der Waals surface area contributed by atoms with Crippen molar-refractivity contribution in [3.63, 3.8) is 0 Å². The van der Waals surface area contributed by atoms with Gasteiger partial charge in [-0.25, -0.2) is 0 Å². The highest BCUT2D eigenvalue weighted by molar-refractivity contribution is 7.12. The second-order valence-corrected chi connectivity index (χ2v) is 10.4. The minimum atomic E-state index is -0.185. The average Bonchev–Trinajstić information content (AvgIpc) is 3.38. The van der Waals surface area contributed by atoms with E-state index in [-0.39, 0.29) is 17.4 Å². The number of nitrogens with zero attached hydrogens (tertiary/aromatic N) is 3. The van der Waals surface area contributed by atoms with Crippen LogP contribution in [-0.4, -0.2) is 57.3 Å². The molecule has 2 aromatic heterocycles. The Morgan fingerprint density at radius 3 is 2.70 bits per heavy atom. The Labute approximate surface area is 197 Å². The van der Waals surface area contributed by atoms with Crippen LogP contribution in [0.3, 0.4) is 0 Å². The Balaban J connectivity index is 1.21. The molecule has 1 fully saturated rings. The Morgan fingerprint density at radius 2 is 1.97 bits per heavy atom. The zero-order valence-electron chi connectivity index (χ0n) is 19.3. The molecule has 2 aliphatic heterocycles. The molecular weight excluding hydrogens is 438 g/mol. The molecule has 1 aromatic carbocycles. The number of hydrogen-bond acceptors (Lipinski definition) is 7. The Morgan fingerprint density at radius 1 is 1.21 bits per heavy atom. The van der Waals surface area contributed by atoms with Crippen LogP contribution in [0.5, 0.6) is 11.5 Å². The van der Waals surface area contributed by atoms with Crippen molar-refractivity contribution in [3.05, 3.63) is 38.7 Å². The molecule has 0 bridgehead atoms. The number of benzene rings is 1. The van der Waals surface area contributed by atoms with Crippen LogP contribution in [0.4, 0.5) is 0 Å². The molecule has 0 radical (unpaired) electrons. The predicted octanol–water partition coefficient (Wildman–Crippen LogP) is 4.19. The van der Waals surface area contributed by atoms with Gasteiger partial charge in [0.15, 0.2) is 17.1 Å². The number of fused-ring (bicyclic) bond motifs is 2. The van der Waals surface area contributed by atoms with E-state index in [1.165, 1.54) is 26.9 Å². The molecular formula is C25H31N3O4S. The first-order valence-electron chi connectivity index (χ1n) is 11.9. The maximum Gasteiger partial charge on any atom is 0.219 e. The Hall–Kier alpha value is -2.58. The van der Waals surface area contributed by atoms with E-state index < -0.39 is 0 Å². The van der Waals surface area contributed by atoms with E-state index in [2.05, 4.69) is 17.0 Å². The molecule has 176 valence electrons. The molecule has 3 aromatic rings. The lowest BCUT2D eigenvalue weighted by Gasteiger charge is -2.31. The molecule has 0 atom stereocenters. The van der Waals surface area contributed by atoms with Gasteiger partial charge in [-0.1, -0.05) is 12.1 Å². The number of rotatable bonds is 5. The molecule has 5 rings (SSSR count). The van der Waals surface area contributed by atoms with Gasteiger partial charge in [0.1, 0.15) is 0 Å². The van der Waals surface area contributed by atoms with E-state index in [1.54, 1.807) is 13.0 Å². The third-order valence-corrected chi connectivity index (χ3v) is 8.59.